The number of para-hydroxylation sites is 2. The Kier molecular flexibility index (Phi) is 4.88. The third kappa shape index (κ3) is 4.29. The summed E-state index contributed by atoms with van der Waals surface area (Å²) in [5.41, 5.74) is 0.901. The molecule has 0 unspecified atom stereocenters. The zero-order valence-electron chi connectivity index (χ0n) is 12.8. The molecule has 0 amide bonds. The van der Waals surface area contributed by atoms with Gasteiger partial charge in [-0.15, -0.1) is 0 Å². The fraction of sp³-hybridized carbons (Fsp3) is 0.167. The van der Waals surface area contributed by atoms with E-state index >= 15 is 0 Å². The first-order valence-electron chi connectivity index (χ1n) is 7.28. The first-order valence-corrected chi connectivity index (χ1v) is 8.76. The van der Waals surface area contributed by atoms with E-state index in [0.29, 0.717) is 17.4 Å². The molecule has 1 atom stereocenters. The topological polar surface area (TPSA) is 52.3 Å². The highest BCUT2D eigenvalue weighted by Crippen LogP contribution is 2.26. The predicted octanol–water partition coefficient (Wildman–Crippen LogP) is 4.22. The van der Waals surface area contributed by atoms with Gasteiger partial charge in [0.2, 0.25) is 5.89 Å². The molecular formula is C18H17NO3S. The van der Waals surface area contributed by atoms with Gasteiger partial charge in [-0.05, 0) is 25.1 Å². The van der Waals surface area contributed by atoms with Crippen LogP contribution in [0.5, 0.6) is 11.5 Å². The molecule has 4 nitrogen and oxygen atoms in total. The van der Waals surface area contributed by atoms with E-state index in [9.17, 15) is 4.21 Å². The quantitative estimate of drug-likeness (QED) is 0.680. The molecule has 2 aromatic carbocycles. The van der Waals surface area contributed by atoms with Crippen LogP contribution in [-0.2, 0) is 22.3 Å². The molecule has 1 aromatic heterocycles. The molecule has 1 heterocycles. The van der Waals surface area contributed by atoms with Crippen molar-refractivity contribution in [3.63, 3.8) is 0 Å². The summed E-state index contributed by atoms with van der Waals surface area (Å²) in [7, 11) is -1.11. The second-order valence-corrected chi connectivity index (χ2v) is 6.57. The number of hydrogen-bond donors (Lipinski definition) is 0. The van der Waals surface area contributed by atoms with E-state index in [4.69, 9.17) is 9.15 Å². The average molecular weight is 327 g/mol. The van der Waals surface area contributed by atoms with Crippen molar-refractivity contribution in [2.45, 2.75) is 18.4 Å². The third-order valence-corrected chi connectivity index (χ3v) is 4.42. The van der Waals surface area contributed by atoms with Crippen LogP contribution in [-0.4, -0.2) is 9.19 Å². The second-order valence-electron chi connectivity index (χ2n) is 5.12. The van der Waals surface area contributed by atoms with Gasteiger partial charge in [-0.1, -0.05) is 36.4 Å². The van der Waals surface area contributed by atoms with E-state index in [1.807, 2.05) is 61.5 Å². The normalized spacial score (nSPS) is 12.0. The number of oxazole rings is 1. The summed E-state index contributed by atoms with van der Waals surface area (Å²) < 4.78 is 23.6. The van der Waals surface area contributed by atoms with Crippen molar-refractivity contribution in [3.05, 3.63) is 78.0 Å². The van der Waals surface area contributed by atoms with Crippen LogP contribution >= 0.6 is 0 Å². The van der Waals surface area contributed by atoms with Gasteiger partial charge in [0.05, 0.1) is 11.9 Å². The maximum Gasteiger partial charge on any atom is 0.206 e. The average Bonchev–Trinajstić information content (AvgIpc) is 2.95. The summed E-state index contributed by atoms with van der Waals surface area (Å²) in [4.78, 5) is 4.10. The number of nitrogens with zero attached hydrogens (tertiary/aromatic N) is 1. The van der Waals surface area contributed by atoms with Gasteiger partial charge >= 0.3 is 0 Å². The fourth-order valence-electron chi connectivity index (χ4n) is 2.17. The smallest absolute Gasteiger partial charge is 0.206 e. The Bertz CT molecular complexity index is 799. The number of hydrogen-bond acceptors (Lipinski definition) is 4. The Morgan fingerprint density at radius 1 is 1.04 bits per heavy atom. The Morgan fingerprint density at radius 2 is 1.78 bits per heavy atom. The predicted molar refractivity (Wildman–Crippen MR) is 89.7 cm³/mol. The summed E-state index contributed by atoms with van der Waals surface area (Å²) in [6, 6.07) is 17.2. The molecule has 0 aliphatic carbocycles. The minimum atomic E-state index is -1.11. The summed E-state index contributed by atoms with van der Waals surface area (Å²) in [6.45, 7) is 1.82. The van der Waals surface area contributed by atoms with Crippen molar-refractivity contribution in [2.24, 2.45) is 0 Å². The van der Waals surface area contributed by atoms with Gasteiger partial charge in [-0.2, -0.15) is 0 Å². The lowest BCUT2D eigenvalue weighted by molar-refractivity contribution is 0.477. The van der Waals surface area contributed by atoms with Gasteiger partial charge in [0, 0.05) is 16.4 Å². The van der Waals surface area contributed by atoms with Crippen molar-refractivity contribution in [3.8, 4) is 11.5 Å². The summed E-state index contributed by atoms with van der Waals surface area (Å²) in [5.74, 6) is 3.40. The van der Waals surface area contributed by atoms with Gasteiger partial charge in [-0.3, -0.25) is 4.21 Å². The molecule has 0 fully saturated rings. The summed E-state index contributed by atoms with van der Waals surface area (Å²) in [5, 5.41) is 0. The highest BCUT2D eigenvalue weighted by molar-refractivity contribution is 7.83. The molecule has 0 saturated carbocycles. The summed E-state index contributed by atoms with van der Waals surface area (Å²) in [6.07, 6.45) is 1.64. The monoisotopic (exact) mass is 327 g/mol. The molecule has 0 aliphatic rings. The van der Waals surface area contributed by atoms with Gasteiger partial charge in [-0.25, -0.2) is 4.98 Å². The highest BCUT2D eigenvalue weighted by Gasteiger charge is 2.11. The maximum atomic E-state index is 12.4. The van der Waals surface area contributed by atoms with Crippen molar-refractivity contribution in [1.82, 2.24) is 4.98 Å². The summed E-state index contributed by atoms with van der Waals surface area (Å²) >= 11 is 0. The van der Waals surface area contributed by atoms with E-state index in [2.05, 4.69) is 4.98 Å². The molecule has 23 heavy (non-hydrogen) atoms. The van der Waals surface area contributed by atoms with Gasteiger partial charge < -0.3 is 9.15 Å². The van der Waals surface area contributed by atoms with Gasteiger partial charge in [0.25, 0.3) is 0 Å². The second kappa shape index (κ2) is 7.24. The van der Waals surface area contributed by atoms with Crippen LogP contribution in [0.1, 0.15) is 17.2 Å². The molecule has 5 heteroatoms. The molecule has 0 radical (unpaired) electrons. The zero-order chi connectivity index (χ0) is 16.1. The minimum Gasteiger partial charge on any atom is -0.457 e. The lowest BCUT2D eigenvalue weighted by Crippen LogP contribution is -2.01. The Balaban J connectivity index is 1.71. The SMILES string of the molecule is Cc1cnc(C[S@](=O)Cc2ccccc2Oc2ccccc2)o1. The van der Waals surface area contributed by atoms with Crippen LogP contribution in [0.4, 0.5) is 0 Å². The minimum absolute atomic E-state index is 0.299. The largest absolute Gasteiger partial charge is 0.457 e. The molecule has 0 spiro atoms. The van der Waals surface area contributed by atoms with Crippen LogP contribution in [0.25, 0.3) is 0 Å². The van der Waals surface area contributed by atoms with Crippen molar-refractivity contribution < 1.29 is 13.4 Å². The van der Waals surface area contributed by atoms with Gasteiger partial charge in [0.1, 0.15) is 23.0 Å². The molecular weight excluding hydrogens is 310 g/mol. The molecule has 3 rings (SSSR count). The van der Waals surface area contributed by atoms with E-state index in [0.717, 1.165) is 22.8 Å². The number of benzene rings is 2. The van der Waals surface area contributed by atoms with Crippen molar-refractivity contribution in [1.29, 1.82) is 0 Å². The van der Waals surface area contributed by atoms with Crippen molar-refractivity contribution >= 4 is 10.8 Å². The Labute approximate surface area is 137 Å². The van der Waals surface area contributed by atoms with Crippen LogP contribution in [0, 0.1) is 6.92 Å². The van der Waals surface area contributed by atoms with Crippen LogP contribution in [0.2, 0.25) is 0 Å². The molecule has 0 bridgehead atoms. The van der Waals surface area contributed by atoms with E-state index in [-0.39, 0.29) is 0 Å². The highest BCUT2D eigenvalue weighted by atomic mass is 32.2. The number of aromatic nitrogens is 1. The standard InChI is InChI=1S/C18H17NO3S/c1-14-11-19-18(21-14)13-23(20)12-15-7-5-6-10-17(15)22-16-8-3-2-4-9-16/h2-11H,12-13H2,1H3/t23-/m1/s1. The maximum absolute atomic E-state index is 12.4. The number of rotatable bonds is 6. The lowest BCUT2D eigenvalue weighted by atomic mass is 10.2. The van der Waals surface area contributed by atoms with E-state index < -0.39 is 10.8 Å². The number of aryl methyl sites for hydroxylation is 1. The zero-order valence-corrected chi connectivity index (χ0v) is 13.6. The van der Waals surface area contributed by atoms with Crippen LogP contribution < -0.4 is 4.74 Å². The molecule has 0 N–H and O–H groups in total. The molecule has 0 aliphatic heterocycles. The fourth-order valence-corrected chi connectivity index (χ4v) is 3.26. The molecule has 0 saturated heterocycles. The number of ether oxygens (including phenoxy) is 1. The van der Waals surface area contributed by atoms with Crippen LogP contribution in [0.15, 0.2) is 65.2 Å². The van der Waals surface area contributed by atoms with Crippen molar-refractivity contribution in [2.75, 3.05) is 0 Å². The Morgan fingerprint density at radius 3 is 2.52 bits per heavy atom. The first kappa shape index (κ1) is 15.5. The van der Waals surface area contributed by atoms with E-state index in [1.54, 1.807) is 6.20 Å². The molecule has 118 valence electrons. The van der Waals surface area contributed by atoms with Gasteiger partial charge in [0.15, 0.2) is 0 Å². The molecule has 3 aromatic rings. The lowest BCUT2D eigenvalue weighted by Gasteiger charge is -2.10. The first-order chi connectivity index (χ1) is 11.2. The Hall–Kier alpha value is -2.40. The third-order valence-electron chi connectivity index (χ3n) is 3.21. The van der Waals surface area contributed by atoms with E-state index in [1.165, 1.54) is 0 Å². The van der Waals surface area contributed by atoms with Crippen LogP contribution in [0.3, 0.4) is 0 Å².